The van der Waals surface area contributed by atoms with Crippen molar-refractivity contribution >= 4 is 11.8 Å². The summed E-state index contributed by atoms with van der Waals surface area (Å²) in [6.07, 6.45) is -4.76. The molecule has 0 aliphatic carbocycles. The second kappa shape index (κ2) is 10.00. The Hall–Kier alpha value is -2.81. The predicted octanol–water partition coefficient (Wildman–Crippen LogP) is 4.03. The fraction of sp³-hybridized carbons (Fsp3) is 0.455. The molecule has 2 N–H and O–H groups in total. The molecule has 0 unspecified atom stereocenters. The third-order valence-corrected chi connectivity index (χ3v) is 4.41. The Morgan fingerprint density at radius 3 is 2.32 bits per heavy atom. The number of hydrogen-bond acceptors (Lipinski definition) is 5. The number of carbonyl (C=O) groups excluding carboxylic acids is 1. The van der Waals surface area contributed by atoms with Crippen molar-refractivity contribution in [2.45, 2.75) is 51.1 Å². The van der Waals surface area contributed by atoms with E-state index < -0.39 is 35.7 Å². The van der Waals surface area contributed by atoms with E-state index in [1.54, 1.807) is 32.7 Å². The normalized spacial score (nSPS) is 13.9. The second-order valence-corrected chi connectivity index (χ2v) is 8.29. The molecule has 2 atom stereocenters. The zero-order valence-electron chi connectivity index (χ0n) is 18.0. The molecule has 31 heavy (non-hydrogen) atoms. The van der Waals surface area contributed by atoms with Crippen LogP contribution in [0.5, 0.6) is 0 Å². The van der Waals surface area contributed by atoms with E-state index in [0.717, 1.165) is 17.8 Å². The Kier molecular flexibility index (Phi) is 7.89. The van der Waals surface area contributed by atoms with Crippen LogP contribution in [0.2, 0.25) is 0 Å². The summed E-state index contributed by atoms with van der Waals surface area (Å²) in [4.78, 5) is 17.3. The number of ether oxygens (including phenoxy) is 1. The number of aliphatic hydroxyl groups excluding tert-OH is 1. The lowest BCUT2D eigenvalue weighted by molar-refractivity contribution is -0.141. The Morgan fingerprint density at radius 1 is 1.16 bits per heavy atom. The smallest absolute Gasteiger partial charge is 0.433 e. The van der Waals surface area contributed by atoms with Gasteiger partial charge in [-0.25, -0.2) is 9.78 Å². The minimum absolute atomic E-state index is 0.0559. The molecule has 9 heteroatoms. The molecule has 6 nitrogen and oxygen atoms in total. The summed E-state index contributed by atoms with van der Waals surface area (Å²) in [5, 5.41) is 13.5. The van der Waals surface area contributed by atoms with Gasteiger partial charge in [0, 0.05) is 13.6 Å². The topological polar surface area (TPSA) is 74.7 Å². The predicted molar refractivity (Wildman–Crippen MR) is 112 cm³/mol. The summed E-state index contributed by atoms with van der Waals surface area (Å²) in [7, 11) is 1.63. The third kappa shape index (κ3) is 8.09. The van der Waals surface area contributed by atoms with E-state index in [0.29, 0.717) is 12.1 Å². The summed E-state index contributed by atoms with van der Waals surface area (Å²) < 4.78 is 43.4. The number of halogens is 3. The van der Waals surface area contributed by atoms with Crippen molar-refractivity contribution in [3.63, 3.8) is 0 Å². The van der Waals surface area contributed by atoms with Gasteiger partial charge < -0.3 is 20.1 Å². The first-order valence-electron chi connectivity index (χ1n) is 9.81. The van der Waals surface area contributed by atoms with Crippen LogP contribution < -0.4 is 10.2 Å². The SMILES string of the molecule is CN(C[C@@H](O)[C@H](Cc1ccccc1)NC(=O)OC(C)(C)C)c1ccc(C(F)(F)F)nc1. The number of carbonyl (C=O) groups is 1. The van der Waals surface area contributed by atoms with Crippen LogP contribution in [0.25, 0.3) is 0 Å². The molecule has 0 aliphatic heterocycles. The molecule has 2 aromatic rings. The molecule has 1 amide bonds. The maximum absolute atomic E-state index is 12.7. The number of rotatable bonds is 7. The number of hydrogen-bond donors (Lipinski definition) is 2. The van der Waals surface area contributed by atoms with Gasteiger partial charge in [-0.3, -0.25) is 0 Å². The molecule has 0 bridgehead atoms. The number of alkyl halides is 3. The second-order valence-electron chi connectivity index (χ2n) is 8.29. The number of alkyl carbamates (subject to hydrolysis) is 1. The molecule has 1 heterocycles. The molecule has 2 rings (SSSR count). The lowest BCUT2D eigenvalue weighted by Crippen LogP contribution is -2.50. The fourth-order valence-corrected chi connectivity index (χ4v) is 2.90. The van der Waals surface area contributed by atoms with Crippen LogP contribution in [-0.4, -0.2) is 47.5 Å². The number of nitrogens with zero attached hydrogens (tertiary/aromatic N) is 2. The number of pyridine rings is 1. The molecule has 1 aromatic carbocycles. The minimum atomic E-state index is -4.52. The highest BCUT2D eigenvalue weighted by molar-refractivity contribution is 5.68. The van der Waals surface area contributed by atoms with Gasteiger partial charge in [-0.05, 0) is 44.9 Å². The van der Waals surface area contributed by atoms with E-state index in [4.69, 9.17) is 4.74 Å². The molecule has 0 aliphatic rings. The average molecular weight is 439 g/mol. The first kappa shape index (κ1) is 24.5. The van der Waals surface area contributed by atoms with Gasteiger partial charge in [-0.2, -0.15) is 13.2 Å². The zero-order valence-corrected chi connectivity index (χ0v) is 18.0. The summed E-state index contributed by atoms with van der Waals surface area (Å²) in [5.41, 5.74) is -0.377. The average Bonchev–Trinajstić information content (AvgIpc) is 2.66. The molecule has 0 spiro atoms. The fourth-order valence-electron chi connectivity index (χ4n) is 2.90. The first-order chi connectivity index (χ1) is 14.3. The standard InChI is InChI=1S/C22H28F3N3O3/c1-21(2,3)31-20(30)27-17(12-15-8-6-5-7-9-15)18(29)14-28(4)16-10-11-19(26-13-16)22(23,24)25/h5-11,13,17-18,29H,12,14H2,1-4H3,(H,27,30)/t17-,18+/m0/s1. The van der Waals surface area contributed by atoms with Gasteiger partial charge in [0.05, 0.1) is 24.0 Å². The van der Waals surface area contributed by atoms with Crippen molar-refractivity contribution in [3.05, 3.63) is 59.9 Å². The number of nitrogens with one attached hydrogen (secondary N) is 1. The lowest BCUT2D eigenvalue weighted by Gasteiger charge is -2.30. The lowest BCUT2D eigenvalue weighted by atomic mass is 10.0. The molecule has 0 fully saturated rings. The third-order valence-electron chi connectivity index (χ3n) is 4.41. The number of anilines is 1. The van der Waals surface area contributed by atoms with Gasteiger partial charge in [0.25, 0.3) is 0 Å². The van der Waals surface area contributed by atoms with Gasteiger partial charge in [0.1, 0.15) is 11.3 Å². The highest BCUT2D eigenvalue weighted by Gasteiger charge is 2.32. The molecule has 170 valence electrons. The van der Waals surface area contributed by atoms with E-state index >= 15 is 0 Å². The van der Waals surface area contributed by atoms with Gasteiger partial charge >= 0.3 is 12.3 Å². The number of amides is 1. The van der Waals surface area contributed by atoms with Gasteiger partial charge in [-0.15, -0.1) is 0 Å². The summed E-state index contributed by atoms with van der Waals surface area (Å²) >= 11 is 0. The highest BCUT2D eigenvalue weighted by atomic mass is 19.4. The van der Waals surface area contributed by atoms with E-state index in [9.17, 15) is 23.1 Å². The van der Waals surface area contributed by atoms with Gasteiger partial charge in [0.2, 0.25) is 0 Å². The number of aliphatic hydroxyl groups is 1. The zero-order chi connectivity index (χ0) is 23.2. The number of likely N-dealkylation sites (N-methyl/N-ethyl adjacent to an activating group) is 1. The minimum Gasteiger partial charge on any atom is -0.444 e. The van der Waals surface area contributed by atoms with Crippen molar-refractivity contribution in [1.29, 1.82) is 0 Å². The Balaban J connectivity index is 2.11. The molecule has 0 radical (unpaired) electrons. The van der Waals surface area contributed by atoms with Crippen LogP contribution in [-0.2, 0) is 17.3 Å². The Bertz CT molecular complexity index is 837. The summed E-state index contributed by atoms with van der Waals surface area (Å²) in [5.74, 6) is 0. The maximum atomic E-state index is 12.7. The molecule has 1 aromatic heterocycles. The molecule has 0 saturated carbocycles. The van der Waals surface area contributed by atoms with Crippen molar-refractivity contribution in [3.8, 4) is 0 Å². The van der Waals surface area contributed by atoms with Crippen LogP contribution in [0, 0.1) is 0 Å². The van der Waals surface area contributed by atoms with Crippen molar-refractivity contribution in [2.75, 3.05) is 18.5 Å². The van der Waals surface area contributed by atoms with E-state index in [1.807, 2.05) is 30.3 Å². The number of benzene rings is 1. The van der Waals surface area contributed by atoms with Crippen molar-refractivity contribution in [1.82, 2.24) is 10.3 Å². The summed E-state index contributed by atoms with van der Waals surface area (Å²) in [6, 6.07) is 10.8. The molecular formula is C22H28F3N3O3. The van der Waals surface area contributed by atoms with Crippen LogP contribution in [0.1, 0.15) is 32.0 Å². The quantitative estimate of drug-likeness (QED) is 0.681. The monoisotopic (exact) mass is 439 g/mol. The summed E-state index contributed by atoms with van der Waals surface area (Å²) in [6.45, 7) is 5.27. The van der Waals surface area contributed by atoms with E-state index in [-0.39, 0.29) is 6.54 Å². The maximum Gasteiger partial charge on any atom is 0.433 e. The Labute approximate surface area is 180 Å². The first-order valence-corrected chi connectivity index (χ1v) is 9.81. The van der Waals surface area contributed by atoms with Crippen LogP contribution in [0.15, 0.2) is 48.7 Å². The Morgan fingerprint density at radius 2 is 1.81 bits per heavy atom. The highest BCUT2D eigenvalue weighted by Crippen LogP contribution is 2.28. The van der Waals surface area contributed by atoms with Crippen LogP contribution >= 0.6 is 0 Å². The van der Waals surface area contributed by atoms with Gasteiger partial charge in [-0.1, -0.05) is 30.3 Å². The van der Waals surface area contributed by atoms with Crippen molar-refractivity contribution < 1.29 is 27.8 Å². The van der Waals surface area contributed by atoms with Crippen LogP contribution in [0.4, 0.5) is 23.7 Å². The molecular weight excluding hydrogens is 411 g/mol. The largest absolute Gasteiger partial charge is 0.444 e. The van der Waals surface area contributed by atoms with Crippen LogP contribution in [0.3, 0.4) is 0 Å². The van der Waals surface area contributed by atoms with E-state index in [2.05, 4.69) is 10.3 Å². The number of aromatic nitrogens is 1. The van der Waals surface area contributed by atoms with Gasteiger partial charge in [0.15, 0.2) is 0 Å². The molecule has 0 saturated heterocycles. The van der Waals surface area contributed by atoms with Crippen molar-refractivity contribution in [2.24, 2.45) is 0 Å². The van der Waals surface area contributed by atoms with E-state index in [1.165, 1.54) is 6.07 Å².